The maximum Gasteiger partial charge on any atom is 0.256 e. The Morgan fingerprint density at radius 2 is 2.11 bits per heavy atom. The van der Waals surface area contributed by atoms with E-state index in [1.165, 1.54) is 0 Å². The molecule has 0 fully saturated rings. The number of nitrogens with two attached hydrogens (primary N) is 1. The lowest BCUT2D eigenvalue weighted by atomic mass is 10.1. The van der Waals surface area contributed by atoms with Crippen molar-refractivity contribution in [1.29, 1.82) is 0 Å². The summed E-state index contributed by atoms with van der Waals surface area (Å²) in [5.74, 6) is -0.168. The number of hydrogen-bond acceptors (Lipinski definition) is 3. The normalized spacial score (nSPS) is 11.4. The van der Waals surface area contributed by atoms with Crippen molar-refractivity contribution in [3.05, 3.63) is 28.2 Å². The molecule has 0 heterocycles. The van der Waals surface area contributed by atoms with Gasteiger partial charge in [0.2, 0.25) is 0 Å². The minimum Gasteiger partial charge on any atom is -0.398 e. The Kier molecular flexibility index (Phi) is 4.76. The molecule has 0 spiro atoms. The van der Waals surface area contributed by atoms with Gasteiger partial charge in [0.15, 0.2) is 0 Å². The molecule has 0 unspecified atom stereocenters. The summed E-state index contributed by atoms with van der Waals surface area (Å²) < 4.78 is 0.805. The second-order valence-corrected chi connectivity index (χ2v) is 5.78. The molecule has 1 amide bonds. The van der Waals surface area contributed by atoms with Gasteiger partial charge in [-0.1, -0.05) is 15.9 Å². The van der Waals surface area contributed by atoms with E-state index in [0.717, 1.165) is 4.47 Å². The lowest BCUT2D eigenvalue weighted by Crippen LogP contribution is -2.42. The lowest BCUT2D eigenvalue weighted by Gasteiger charge is -2.28. The molecule has 0 bridgehead atoms. The molecule has 0 aliphatic rings. The number of anilines is 1. The second kappa shape index (κ2) is 5.71. The number of rotatable bonds is 4. The van der Waals surface area contributed by atoms with Crippen LogP contribution in [0.1, 0.15) is 31.1 Å². The predicted octanol–water partition coefficient (Wildman–Crippen LogP) is 2.26. The maximum absolute atomic E-state index is 12.3. The fraction of sp³-hybridized carbons (Fsp3) is 0.462. The predicted molar refractivity (Wildman–Crippen MR) is 76.4 cm³/mol. The molecule has 1 aromatic carbocycles. The monoisotopic (exact) mass is 314 g/mol. The second-order valence-electron chi connectivity index (χ2n) is 4.86. The number of nitrogen functional groups attached to an aromatic ring is 1. The van der Waals surface area contributed by atoms with E-state index in [1.54, 1.807) is 36.9 Å². The molecule has 1 aromatic rings. The summed E-state index contributed by atoms with van der Waals surface area (Å²) in [5.41, 5.74) is 5.79. The highest BCUT2D eigenvalue weighted by Crippen LogP contribution is 2.20. The van der Waals surface area contributed by atoms with E-state index in [4.69, 9.17) is 5.73 Å². The van der Waals surface area contributed by atoms with E-state index in [0.29, 0.717) is 17.8 Å². The Balaban J connectivity index is 3.00. The zero-order valence-corrected chi connectivity index (χ0v) is 12.5. The van der Waals surface area contributed by atoms with Crippen LogP contribution < -0.4 is 5.73 Å². The van der Waals surface area contributed by atoms with Crippen molar-refractivity contribution in [3.8, 4) is 0 Å². The van der Waals surface area contributed by atoms with Crippen LogP contribution >= 0.6 is 15.9 Å². The summed E-state index contributed by atoms with van der Waals surface area (Å²) >= 11 is 3.32. The molecule has 100 valence electrons. The standard InChI is InChI=1S/C13H19BrN2O2/c1-4-16(8-13(2,3)18)12(17)10-7-9(14)5-6-11(10)15/h5-7,18H,4,8,15H2,1-3H3. The highest BCUT2D eigenvalue weighted by molar-refractivity contribution is 9.10. The summed E-state index contributed by atoms with van der Waals surface area (Å²) in [7, 11) is 0. The number of halogens is 1. The van der Waals surface area contributed by atoms with Gasteiger partial charge < -0.3 is 15.7 Å². The summed E-state index contributed by atoms with van der Waals surface area (Å²) in [4.78, 5) is 13.9. The molecule has 0 aromatic heterocycles. The van der Waals surface area contributed by atoms with E-state index in [-0.39, 0.29) is 12.5 Å². The molecule has 1 rings (SSSR count). The van der Waals surface area contributed by atoms with Crippen molar-refractivity contribution >= 4 is 27.5 Å². The number of aliphatic hydroxyl groups is 1. The topological polar surface area (TPSA) is 66.6 Å². The minimum absolute atomic E-state index is 0.168. The van der Waals surface area contributed by atoms with Gasteiger partial charge in [-0.3, -0.25) is 4.79 Å². The zero-order chi connectivity index (χ0) is 13.9. The Morgan fingerprint density at radius 3 is 2.61 bits per heavy atom. The maximum atomic E-state index is 12.3. The molecule has 18 heavy (non-hydrogen) atoms. The fourth-order valence-electron chi connectivity index (χ4n) is 1.68. The van der Waals surface area contributed by atoms with Crippen LogP contribution in [0.25, 0.3) is 0 Å². The van der Waals surface area contributed by atoms with Crippen molar-refractivity contribution in [1.82, 2.24) is 4.90 Å². The van der Waals surface area contributed by atoms with Gasteiger partial charge in [-0.05, 0) is 39.0 Å². The lowest BCUT2D eigenvalue weighted by molar-refractivity contribution is 0.0315. The third-order valence-electron chi connectivity index (χ3n) is 2.49. The third-order valence-corrected chi connectivity index (χ3v) is 2.99. The Bertz CT molecular complexity index is 441. The highest BCUT2D eigenvalue weighted by atomic mass is 79.9. The average molecular weight is 315 g/mol. The highest BCUT2D eigenvalue weighted by Gasteiger charge is 2.23. The molecule has 0 aliphatic carbocycles. The molecule has 3 N–H and O–H groups in total. The van der Waals surface area contributed by atoms with Crippen LogP contribution in [-0.2, 0) is 0 Å². The van der Waals surface area contributed by atoms with Crippen LogP contribution in [0.5, 0.6) is 0 Å². The van der Waals surface area contributed by atoms with E-state index in [9.17, 15) is 9.90 Å². The van der Waals surface area contributed by atoms with E-state index >= 15 is 0 Å². The summed E-state index contributed by atoms with van der Waals surface area (Å²) in [5, 5.41) is 9.80. The van der Waals surface area contributed by atoms with Crippen molar-refractivity contribution in [2.45, 2.75) is 26.4 Å². The fourth-order valence-corrected chi connectivity index (χ4v) is 2.04. The first-order chi connectivity index (χ1) is 8.24. The zero-order valence-electron chi connectivity index (χ0n) is 10.9. The molecular weight excluding hydrogens is 296 g/mol. The Labute approximate surface area is 116 Å². The van der Waals surface area contributed by atoms with E-state index < -0.39 is 5.60 Å². The first-order valence-corrected chi connectivity index (χ1v) is 6.60. The quantitative estimate of drug-likeness (QED) is 0.838. The van der Waals surface area contributed by atoms with Crippen molar-refractivity contribution in [2.75, 3.05) is 18.8 Å². The number of nitrogens with zero attached hydrogens (tertiary/aromatic N) is 1. The van der Waals surface area contributed by atoms with Gasteiger partial charge in [0.1, 0.15) is 0 Å². The smallest absolute Gasteiger partial charge is 0.256 e. The molecule has 0 saturated heterocycles. The number of likely N-dealkylation sites (N-methyl/N-ethyl adjacent to an activating group) is 1. The van der Waals surface area contributed by atoms with Gasteiger partial charge in [0, 0.05) is 23.2 Å². The Hall–Kier alpha value is -1.07. The van der Waals surface area contributed by atoms with Crippen LogP contribution in [0.4, 0.5) is 5.69 Å². The van der Waals surface area contributed by atoms with E-state index in [1.807, 2.05) is 6.92 Å². The van der Waals surface area contributed by atoms with E-state index in [2.05, 4.69) is 15.9 Å². The van der Waals surface area contributed by atoms with Crippen molar-refractivity contribution < 1.29 is 9.90 Å². The van der Waals surface area contributed by atoms with Gasteiger partial charge in [0.25, 0.3) is 5.91 Å². The first kappa shape index (κ1) is 15.0. The first-order valence-electron chi connectivity index (χ1n) is 5.81. The number of carbonyl (C=O) groups is 1. The van der Waals surface area contributed by atoms with Crippen molar-refractivity contribution in [3.63, 3.8) is 0 Å². The molecule has 4 nitrogen and oxygen atoms in total. The number of hydrogen-bond donors (Lipinski definition) is 2. The number of carbonyl (C=O) groups excluding carboxylic acids is 1. The van der Waals surface area contributed by atoms with Crippen LogP contribution in [-0.4, -0.2) is 34.6 Å². The minimum atomic E-state index is -0.924. The van der Waals surface area contributed by atoms with Crippen LogP contribution in [0.15, 0.2) is 22.7 Å². The molecule has 0 radical (unpaired) electrons. The number of benzene rings is 1. The molecule has 5 heteroatoms. The summed E-state index contributed by atoms with van der Waals surface area (Å²) in [6.07, 6.45) is 0. The third kappa shape index (κ3) is 3.99. The Morgan fingerprint density at radius 1 is 1.50 bits per heavy atom. The van der Waals surface area contributed by atoms with Gasteiger partial charge in [-0.15, -0.1) is 0 Å². The van der Waals surface area contributed by atoms with Crippen LogP contribution in [0.3, 0.4) is 0 Å². The largest absolute Gasteiger partial charge is 0.398 e. The van der Waals surface area contributed by atoms with Gasteiger partial charge >= 0.3 is 0 Å². The van der Waals surface area contributed by atoms with Gasteiger partial charge in [-0.2, -0.15) is 0 Å². The molecular formula is C13H19BrN2O2. The molecule has 0 atom stereocenters. The molecule has 0 saturated carbocycles. The van der Waals surface area contributed by atoms with Gasteiger partial charge in [0.05, 0.1) is 11.2 Å². The van der Waals surface area contributed by atoms with Gasteiger partial charge in [-0.25, -0.2) is 0 Å². The molecule has 0 aliphatic heterocycles. The van der Waals surface area contributed by atoms with Crippen molar-refractivity contribution in [2.24, 2.45) is 0 Å². The average Bonchev–Trinajstić information content (AvgIpc) is 2.27. The van der Waals surface area contributed by atoms with Crippen LogP contribution in [0, 0.1) is 0 Å². The summed E-state index contributed by atoms with van der Waals surface area (Å²) in [6.45, 7) is 6.02. The summed E-state index contributed by atoms with van der Waals surface area (Å²) in [6, 6.07) is 5.18. The SMILES string of the molecule is CCN(CC(C)(C)O)C(=O)c1cc(Br)ccc1N. The number of amides is 1. The van der Waals surface area contributed by atoms with Crippen LogP contribution in [0.2, 0.25) is 0 Å².